The van der Waals surface area contributed by atoms with E-state index in [0.717, 1.165) is 17.9 Å². The number of anilines is 1. The molecule has 4 nitrogen and oxygen atoms in total. The maximum atomic E-state index is 5.66. The Bertz CT molecular complexity index is 306. The highest BCUT2D eigenvalue weighted by Gasteiger charge is 2.10. The molecule has 0 aliphatic rings. The van der Waals surface area contributed by atoms with Crippen LogP contribution in [0.15, 0.2) is 6.33 Å². The van der Waals surface area contributed by atoms with Gasteiger partial charge in [-0.05, 0) is 6.92 Å². The van der Waals surface area contributed by atoms with Gasteiger partial charge in [-0.25, -0.2) is 9.97 Å². The number of alkyl halides is 1. The topological polar surface area (TPSA) is 38.3 Å². The van der Waals surface area contributed by atoms with Gasteiger partial charge < -0.3 is 9.64 Å². The monoisotopic (exact) mass is 215 g/mol. The zero-order valence-corrected chi connectivity index (χ0v) is 9.38. The molecule has 0 saturated carbocycles. The second kappa shape index (κ2) is 5.00. The van der Waals surface area contributed by atoms with Crippen molar-refractivity contribution in [3.05, 3.63) is 11.9 Å². The molecule has 0 aromatic carbocycles. The minimum atomic E-state index is 0.572. The molecule has 0 N–H and O–H groups in total. The zero-order valence-electron chi connectivity index (χ0n) is 8.62. The Morgan fingerprint density at radius 2 is 2.21 bits per heavy atom. The molecule has 0 atom stereocenters. The molecular weight excluding hydrogens is 202 g/mol. The Morgan fingerprint density at radius 1 is 1.50 bits per heavy atom. The van der Waals surface area contributed by atoms with Crippen LogP contribution in [-0.4, -0.2) is 36.6 Å². The van der Waals surface area contributed by atoms with Gasteiger partial charge >= 0.3 is 0 Å². The molecule has 78 valence electrons. The van der Waals surface area contributed by atoms with E-state index in [1.54, 1.807) is 7.11 Å². The molecule has 0 aliphatic heterocycles. The number of nitrogens with zero attached hydrogens (tertiary/aromatic N) is 3. The molecule has 0 radical (unpaired) electrons. The molecule has 1 aromatic rings. The Labute approximate surface area is 88.9 Å². The number of rotatable bonds is 4. The second-order valence-electron chi connectivity index (χ2n) is 2.94. The molecule has 0 saturated heterocycles. The van der Waals surface area contributed by atoms with Crippen molar-refractivity contribution in [3.8, 4) is 5.88 Å². The second-order valence-corrected chi connectivity index (χ2v) is 3.32. The summed E-state index contributed by atoms with van der Waals surface area (Å²) in [4.78, 5) is 10.2. The first-order valence-electron chi connectivity index (χ1n) is 4.33. The van der Waals surface area contributed by atoms with E-state index in [0.29, 0.717) is 11.8 Å². The van der Waals surface area contributed by atoms with E-state index < -0.39 is 0 Å². The van der Waals surface area contributed by atoms with Crippen molar-refractivity contribution in [2.45, 2.75) is 6.92 Å². The minimum Gasteiger partial charge on any atom is -0.481 e. The van der Waals surface area contributed by atoms with Gasteiger partial charge in [0.2, 0.25) is 5.88 Å². The first-order chi connectivity index (χ1) is 6.70. The average Bonchev–Trinajstić information content (AvgIpc) is 2.18. The van der Waals surface area contributed by atoms with Crippen LogP contribution < -0.4 is 9.64 Å². The van der Waals surface area contributed by atoms with Gasteiger partial charge in [0.25, 0.3) is 0 Å². The predicted molar refractivity (Wildman–Crippen MR) is 57.3 cm³/mol. The van der Waals surface area contributed by atoms with E-state index in [1.807, 2.05) is 18.9 Å². The molecule has 1 aromatic heterocycles. The van der Waals surface area contributed by atoms with Crippen LogP contribution in [0.25, 0.3) is 0 Å². The summed E-state index contributed by atoms with van der Waals surface area (Å²) in [5, 5.41) is 0. The third-order valence-electron chi connectivity index (χ3n) is 1.99. The van der Waals surface area contributed by atoms with Crippen molar-refractivity contribution < 1.29 is 4.74 Å². The number of halogens is 1. The minimum absolute atomic E-state index is 0.572. The third-order valence-corrected chi connectivity index (χ3v) is 2.16. The summed E-state index contributed by atoms with van der Waals surface area (Å²) in [6.45, 7) is 2.68. The van der Waals surface area contributed by atoms with Crippen molar-refractivity contribution in [1.82, 2.24) is 9.97 Å². The fourth-order valence-corrected chi connectivity index (χ4v) is 1.50. The molecule has 0 bridgehead atoms. The lowest BCUT2D eigenvalue weighted by Gasteiger charge is -2.19. The number of ether oxygens (including phenoxy) is 1. The summed E-state index contributed by atoms with van der Waals surface area (Å²) in [5.74, 6) is 2.04. The zero-order chi connectivity index (χ0) is 10.6. The lowest BCUT2D eigenvalue weighted by atomic mass is 10.3. The predicted octanol–water partition coefficient (Wildman–Crippen LogP) is 1.47. The SMILES string of the molecule is COc1ncnc(N(C)CCCl)c1C. The van der Waals surface area contributed by atoms with Crippen LogP contribution in [0.2, 0.25) is 0 Å². The van der Waals surface area contributed by atoms with E-state index in [-0.39, 0.29) is 0 Å². The van der Waals surface area contributed by atoms with Crippen LogP contribution in [0.5, 0.6) is 5.88 Å². The van der Waals surface area contributed by atoms with Gasteiger partial charge in [-0.2, -0.15) is 0 Å². The van der Waals surface area contributed by atoms with Crippen molar-refractivity contribution >= 4 is 17.4 Å². The highest BCUT2D eigenvalue weighted by molar-refractivity contribution is 6.18. The number of methoxy groups -OCH3 is 1. The van der Waals surface area contributed by atoms with Gasteiger partial charge in [0.05, 0.1) is 12.7 Å². The van der Waals surface area contributed by atoms with Gasteiger partial charge in [0.15, 0.2) is 0 Å². The van der Waals surface area contributed by atoms with E-state index in [9.17, 15) is 0 Å². The standard InChI is InChI=1S/C9H14ClN3O/c1-7-8(13(2)5-4-10)11-6-12-9(7)14-3/h6H,4-5H2,1-3H3. The molecule has 0 fully saturated rings. The fraction of sp³-hybridized carbons (Fsp3) is 0.556. The molecule has 1 rings (SSSR count). The summed E-state index contributed by atoms with van der Waals surface area (Å²) in [5.41, 5.74) is 0.933. The molecule has 5 heteroatoms. The Hall–Kier alpha value is -1.03. The maximum absolute atomic E-state index is 5.66. The Balaban J connectivity index is 2.96. The smallest absolute Gasteiger partial charge is 0.221 e. The van der Waals surface area contributed by atoms with Gasteiger partial charge in [-0.1, -0.05) is 0 Å². The van der Waals surface area contributed by atoms with Crippen molar-refractivity contribution in [1.29, 1.82) is 0 Å². The average molecular weight is 216 g/mol. The van der Waals surface area contributed by atoms with Crippen LogP contribution in [0.4, 0.5) is 5.82 Å². The van der Waals surface area contributed by atoms with Gasteiger partial charge in [-0.3, -0.25) is 0 Å². The lowest BCUT2D eigenvalue weighted by molar-refractivity contribution is 0.393. The van der Waals surface area contributed by atoms with Crippen LogP contribution >= 0.6 is 11.6 Å². The summed E-state index contributed by atoms with van der Waals surface area (Å²) in [6, 6.07) is 0. The van der Waals surface area contributed by atoms with E-state index in [1.165, 1.54) is 6.33 Å². The van der Waals surface area contributed by atoms with Crippen molar-refractivity contribution in [3.63, 3.8) is 0 Å². The maximum Gasteiger partial charge on any atom is 0.221 e. The third kappa shape index (κ3) is 2.26. The van der Waals surface area contributed by atoms with E-state index in [4.69, 9.17) is 16.3 Å². The molecule has 1 heterocycles. The number of hydrogen-bond acceptors (Lipinski definition) is 4. The lowest BCUT2D eigenvalue weighted by Crippen LogP contribution is -2.22. The van der Waals surface area contributed by atoms with Crippen LogP contribution in [0.1, 0.15) is 5.56 Å². The summed E-state index contributed by atoms with van der Waals surface area (Å²) in [7, 11) is 3.54. The molecule has 0 amide bonds. The first-order valence-corrected chi connectivity index (χ1v) is 4.86. The molecule has 14 heavy (non-hydrogen) atoms. The Kier molecular flexibility index (Phi) is 3.95. The van der Waals surface area contributed by atoms with Crippen molar-refractivity contribution in [2.24, 2.45) is 0 Å². The highest BCUT2D eigenvalue weighted by Crippen LogP contribution is 2.22. The normalized spacial score (nSPS) is 10.0. The van der Waals surface area contributed by atoms with Gasteiger partial charge in [0.1, 0.15) is 12.1 Å². The van der Waals surface area contributed by atoms with Crippen LogP contribution in [-0.2, 0) is 0 Å². The van der Waals surface area contributed by atoms with Crippen LogP contribution in [0.3, 0.4) is 0 Å². The molecule has 0 unspecified atom stereocenters. The fourth-order valence-electron chi connectivity index (χ4n) is 1.25. The number of hydrogen-bond donors (Lipinski definition) is 0. The highest BCUT2D eigenvalue weighted by atomic mass is 35.5. The van der Waals surface area contributed by atoms with Gasteiger partial charge in [-0.15, -0.1) is 11.6 Å². The van der Waals surface area contributed by atoms with Crippen molar-refractivity contribution in [2.75, 3.05) is 31.5 Å². The summed E-state index contributed by atoms with van der Waals surface area (Å²) in [6.07, 6.45) is 1.49. The molecule has 0 spiro atoms. The first kappa shape index (κ1) is 11.0. The molecular formula is C9H14ClN3O. The Morgan fingerprint density at radius 3 is 2.79 bits per heavy atom. The van der Waals surface area contributed by atoms with E-state index in [2.05, 4.69) is 9.97 Å². The molecule has 0 aliphatic carbocycles. The van der Waals surface area contributed by atoms with Crippen LogP contribution in [0, 0.1) is 6.92 Å². The van der Waals surface area contributed by atoms with Gasteiger partial charge in [0, 0.05) is 19.5 Å². The number of aromatic nitrogens is 2. The van der Waals surface area contributed by atoms with E-state index >= 15 is 0 Å². The summed E-state index contributed by atoms with van der Waals surface area (Å²) < 4.78 is 5.10. The largest absolute Gasteiger partial charge is 0.481 e. The quantitative estimate of drug-likeness (QED) is 0.713. The summed E-state index contributed by atoms with van der Waals surface area (Å²) >= 11 is 5.66.